The molecule has 4 rings (SSSR count). The number of aromatic nitrogens is 2. The molecule has 0 bridgehead atoms. The Morgan fingerprint density at radius 1 is 1.17 bits per heavy atom. The average molecular weight is 413 g/mol. The van der Waals surface area contributed by atoms with Crippen molar-refractivity contribution in [3.05, 3.63) is 60.4 Å². The molecule has 3 aromatic rings. The first-order valence-corrected chi connectivity index (χ1v) is 11.3. The van der Waals surface area contributed by atoms with Crippen LogP contribution in [0.3, 0.4) is 0 Å². The van der Waals surface area contributed by atoms with E-state index in [1.54, 1.807) is 11.9 Å². The zero-order chi connectivity index (χ0) is 20.4. The van der Waals surface area contributed by atoms with Crippen molar-refractivity contribution in [2.45, 2.75) is 25.6 Å². The second kappa shape index (κ2) is 7.87. The molecule has 1 aliphatic heterocycles. The van der Waals surface area contributed by atoms with Gasteiger partial charge in [0.25, 0.3) is 0 Å². The molecule has 29 heavy (non-hydrogen) atoms. The van der Waals surface area contributed by atoms with Crippen LogP contribution in [0.5, 0.6) is 5.75 Å². The number of nitrogens with zero attached hydrogens (tertiary/aromatic N) is 3. The topological polar surface area (TPSA) is 81.5 Å². The van der Waals surface area contributed by atoms with Gasteiger partial charge in [-0.05, 0) is 30.7 Å². The first-order valence-electron chi connectivity index (χ1n) is 9.51. The Morgan fingerprint density at radius 3 is 2.62 bits per heavy atom. The maximum absolute atomic E-state index is 12.9. The molecule has 1 unspecified atom stereocenters. The quantitative estimate of drug-likeness (QED) is 0.619. The fraction of sp³-hybridized carbons (Fsp3) is 0.333. The van der Waals surface area contributed by atoms with Crippen LogP contribution in [-0.2, 0) is 27.8 Å². The highest BCUT2D eigenvalue weighted by atomic mass is 32.2. The first kappa shape index (κ1) is 19.4. The number of hydrogen-bond donors (Lipinski definition) is 0. The third kappa shape index (κ3) is 4.27. The SMILES string of the molecule is CN(C(=O)Cn1c(COc2ccccc2)nc2ccccc21)C1CCS(=O)(=O)C1. The Bertz CT molecular complexity index is 1130. The number of carbonyl (C=O) groups is 1. The third-order valence-corrected chi connectivity index (χ3v) is 7.04. The van der Waals surface area contributed by atoms with Crippen molar-refractivity contribution in [2.24, 2.45) is 0 Å². The standard InChI is InChI=1S/C21H23N3O4S/c1-23(16-11-12-29(26,27)15-16)21(25)13-24-19-10-6-5-9-18(19)22-20(24)14-28-17-7-3-2-4-8-17/h2-10,16H,11-15H2,1H3. The van der Waals surface area contributed by atoms with E-state index >= 15 is 0 Å². The van der Waals surface area contributed by atoms with Gasteiger partial charge in [0, 0.05) is 13.1 Å². The van der Waals surface area contributed by atoms with Gasteiger partial charge in [0.05, 0.1) is 22.5 Å². The highest BCUT2D eigenvalue weighted by Gasteiger charge is 2.33. The van der Waals surface area contributed by atoms with Gasteiger partial charge in [0.2, 0.25) is 5.91 Å². The van der Waals surface area contributed by atoms with Crippen molar-refractivity contribution in [3.8, 4) is 5.75 Å². The molecule has 0 radical (unpaired) electrons. The first-order chi connectivity index (χ1) is 13.9. The maximum Gasteiger partial charge on any atom is 0.242 e. The van der Waals surface area contributed by atoms with Gasteiger partial charge >= 0.3 is 0 Å². The molecule has 0 aliphatic carbocycles. The van der Waals surface area contributed by atoms with E-state index in [-0.39, 0.29) is 36.6 Å². The summed E-state index contributed by atoms with van der Waals surface area (Å²) in [5.41, 5.74) is 1.64. The van der Waals surface area contributed by atoms with Crippen molar-refractivity contribution in [1.29, 1.82) is 0 Å². The predicted molar refractivity (Wildman–Crippen MR) is 110 cm³/mol. The molecular formula is C21H23N3O4S. The summed E-state index contributed by atoms with van der Waals surface area (Å²) in [6.45, 7) is 0.314. The molecular weight excluding hydrogens is 390 g/mol. The Hall–Kier alpha value is -2.87. The van der Waals surface area contributed by atoms with Crippen LogP contribution in [0.25, 0.3) is 11.0 Å². The fourth-order valence-electron chi connectivity index (χ4n) is 3.61. The zero-order valence-corrected chi connectivity index (χ0v) is 17.0. The Kier molecular flexibility index (Phi) is 5.27. The lowest BCUT2D eigenvalue weighted by Gasteiger charge is -2.24. The van der Waals surface area contributed by atoms with Crippen molar-refractivity contribution < 1.29 is 17.9 Å². The Labute approximate surface area is 169 Å². The summed E-state index contributed by atoms with van der Waals surface area (Å²) in [6, 6.07) is 16.8. The van der Waals surface area contributed by atoms with Gasteiger partial charge in [0.15, 0.2) is 9.84 Å². The average Bonchev–Trinajstić information content (AvgIpc) is 3.26. The van der Waals surface area contributed by atoms with Gasteiger partial charge in [-0.2, -0.15) is 0 Å². The third-order valence-electron chi connectivity index (χ3n) is 5.29. The summed E-state index contributed by atoms with van der Waals surface area (Å²) in [5.74, 6) is 1.40. The molecule has 1 saturated heterocycles. The number of fused-ring (bicyclic) bond motifs is 1. The number of carbonyl (C=O) groups excluding carboxylic acids is 1. The predicted octanol–water partition coefficient (Wildman–Crippen LogP) is 2.26. The summed E-state index contributed by atoms with van der Waals surface area (Å²) in [4.78, 5) is 19.1. The van der Waals surface area contributed by atoms with Crippen LogP contribution in [0.15, 0.2) is 54.6 Å². The Morgan fingerprint density at radius 2 is 1.90 bits per heavy atom. The fourth-order valence-corrected chi connectivity index (χ4v) is 5.38. The summed E-state index contributed by atoms with van der Waals surface area (Å²) >= 11 is 0. The molecule has 7 nitrogen and oxygen atoms in total. The maximum atomic E-state index is 12.9. The minimum Gasteiger partial charge on any atom is -0.486 e. The van der Waals surface area contributed by atoms with Crippen molar-refractivity contribution in [1.82, 2.24) is 14.5 Å². The summed E-state index contributed by atoms with van der Waals surface area (Å²) in [7, 11) is -1.38. The molecule has 0 N–H and O–H groups in total. The summed E-state index contributed by atoms with van der Waals surface area (Å²) < 4.78 is 31.2. The highest BCUT2D eigenvalue weighted by molar-refractivity contribution is 7.91. The molecule has 0 saturated carbocycles. The largest absolute Gasteiger partial charge is 0.486 e. The van der Waals surface area contributed by atoms with Crippen LogP contribution in [0, 0.1) is 0 Å². The lowest BCUT2D eigenvalue weighted by atomic mass is 10.2. The summed E-state index contributed by atoms with van der Waals surface area (Å²) in [6.07, 6.45) is 0.485. The van der Waals surface area contributed by atoms with E-state index in [0.29, 0.717) is 12.2 Å². The van der Waals surface area contributed by atoms with E-state index in [9.17, 15) is 13.2 Å². The van der Waals surface area contributed by atoms with E-state index in [1.165, 1.54) is 0 Å². The summed E-state index contributed by atoms with van der Waals surface area (Å²) in [5, 5.41) is 0. The molecule has 0 spiro atoms. The lowest BCUT2D eigenvalue weighted by molar-refractivity contribution is -0.132. The molecule has 8 heteroatoms. The minimum absolute atomic E-state index is 0.0316. The highest BCUT2D eigenvalue weighted by Crippen LogP contribution is 2.21. The number of ether oxygens (including phenoxy) is 1. The molecule has 1 amide bonds. The van der Waals surface area contributed by atoms with Gasteiger partial charge in [-0.25, -0.2) is 13.4 Å². The molecule has 1 aromatic heterocycles. The van der Waals surface area contributed by atoms with Crippen molar-refractivity contribution in [2.75, 3.05) is 18.6 Å². The number of rotatable bonds is 6. The van der Waals surface area contributed by atoms with Crippen LogP contribution in [0.2, 0.25) is 0 Å². The molecule has 152 valence electrons. The van der Waals surface area contributed by atoms with E-state index in [1.807, 2.05) is 59.2 Å². The second-order valence-electron chi connectivity index (χ2n) is 7.27. The van der Waals surface area contributed by atoms with Crippen molar-refractivity contribution >= 4 is 26.8 Å². The van der Waals surface area contributed by atoms with Crippen LogP contribution in [-0.4, -0.2) is 53.4 Å². The van der Waals surface area contributed by atoms with E-state index < -0.39 is 9.84 Å². The number of amides is 1. The number of benzene rings is 2. The van der Waals surface area contributed by atoms with Gasteiger partial charge in [-0.1, -0.05) is 30.3 Å². The molecule has 1 atom stereocenters. The molecule has 2 aromatic carbocycles. The van der Waals surface area contributed by atoms with Crippen LogP contribution < -0.4 is 4.74 Å². The number of para-hydroxylation sites is 3. The second-order valence-corrected chi connectivity index (χ2v) is 9.49. The van der Waals surface area contributed by atoms with Crippen molar-refractivity contribution in [3.63, 3.8) is 0 Å². The van der Waals surface area contributed by atoms with Crippen LogP contribution in [0.1, 0.15) is 12.2 Å². The van der Waals surface area contributed by atoms with E-state index in [0.717, 1.165) is 16.8 Å². The zero-order valence-electron chi connectivity index (χ0n) is 16.2. The molecule has 1 fully saturated rings. The van der Waals surface area contributed by atoms with Gasteiger partial charge in [0.1, 0.15) is 24.7 Å². The smallest absolute Gasteiger partial charge is 0.242 e. The number of likely N-dealkylation sites (N-methyl/N-ethyl adjacent to an activating group) is 1. The Balaban J connectivity index is 1.56. The minimum atomic E-state index is -3.05. The number of imidazole rings is 1. The lowest BCUT2D eigenvalue weighted by Crippen LogP contribution is -2.40. The van der Waals surface area contributed by atoms with Crippen LogP contribution >= 0.6 is 0 Å². The monoisotopic (exact) mass is 413 g/mol. The van der Waals surface area contributed by atoms with Gasteiger partial charge in [-0.15, -0.1) is 0 Å². The molecule has 1 aliphatic rings. The molecule has 2 heterocycles. The van der Waals surface area contributed by atoms with Crippen LogP contribution in [0.4, 0.5) is 0 Å². The number of hydrogen-bond acceptors (Lipinski definition) is 5. The van der Waals surface area contributed by atoms with E-state index in [2.05, 4.69) is 4.98 Å². The van der Waals surface area contributed by atoms with Gasteiger partial charge < -0.3 is 14.2 Å². The van der Waals surface area contributed by atoms with E-state index in [4.69, 9.17) is 4.74 Å². The van der Waals surface area contributed by atoms with Gasteiger partial charge in [-0.3, -0.25) is 4.79 Å². The number of sulfone groups is 1. The normalized spacial score (nSPS) is 18.0.